The van der Waals surface area contributed by atoms with Crippen LogP contribution < -0.4 is 16.4 Å². The number of hydrogen-bond acceptors (Lipinski definition) is 4. The quantitative estimate of drug-likeness (QED) is 0.588. The van der Waals surface area contributed by atoms with Gasteiger partial charge in [-0.3, -0.25) is 14.4 Å². The van der Waals surface area contributed by atoms with Gasteiger partial charge in [0, 0.05) is 12.0 Å². The molecule has 4 N–H and O–H groups in total. The highest BCUT2D eigenvalue weighted by molar-refractivity contribution is 5.97. The van der Waals surface area contributed by atoms with E-state index in [0.717, 1.165) is 0 Å². The van der Waals surface area contributed by atoms with Crippen LogP contribution in [0.25, 0.3) is 0 Å². The number of carbonyl (C=O) groups excluding carboxylic acids is 3. The first kappa shape index (κ1) is 17.2. The molecular weight excluding hydrogens is 284 g/mol. The predicted octanol–water partition coefficient (Wildman–Crippen LogP) is 0.0804. The molecule has 1 rings (SSSR count). The van der Waals surface area contributed by atoms with Crippen molar-refractivity contribution in [2.24, 2.45) is 5.73 Å². The van der Waals surface area contributed by atoms with E-state index >= 15 is 0 Å². The molecule has 0 bridgehead atoms. The molecule has 0 heterocycles. The van der Waals surface area contributed by atoms with Gasteiger partial charge in [0.15, 0.2) is 0 Å². The van der Waals surface area contributed by atoms with Crippen molar-refractivity contribution in [1.29, 1.82) is 5.26 Å². The smallest absolute Gasteiger partial charge is 0.251 e. The molecule has 7 heteroatoms. The maximum atomic E-state index is 11.8. The molecule has 7 nitrogen and oxygen atoms in total. The summed E-state index contributed by atoms with van der Waals surface area (Å²) in [6, 6.07) is 9.58. The number of hydrogen-bond donors (Lipinski definition) is 3. The van der Waals surface area contributed by atoms with Gasteiger partial charge in [-0.1, -0.05) is 18.2 Å². The van der Waals surface area contributed by atoms with Crippen molar-refractivity contribution in [1.82, 2.24) is 10.6 Å². The Morgan fingerprint density at radius 3 is 2.50 bits per heavy atom. The summed E-state index contributed by atoms with van der Waals surface area (Å²) in [4.78, 5) is 34.7. The first-order chi connectivity index (χ1) is 10.5. The number of carbonyl (C=O) groups is 3. The van der Waals surface area contributed by atoms with Crippen LogP contribution in [0.2, 0.25) is 0 Å². The van der Waals surface area contributed by atoms with Crippen molar-refractivity contribution in [3.8, 4) is 6.07 Å². The zero-order valence-electron chi connectivity index (χ0n) is 12.0. The van der Waals surface area contributed by atoms with E-state index in [1.807, 2.05) is 6.07 Å². The van der Waals surface area contributed by atoms with Gasteiger partial charge in [-0.2, -0.15) is 5.26 Å². The second-order valence-corrected chi connectivity index (χ2v) is 4.62. The first-order valence-electron chi connectivity index (χ1n) is 6.83. The van der Waals surface area contributed by atoms with E-state index < -0.39 is 17.9 Å². The fraction of sp³-hybridized carbons (Fsp3) is 0.333. The van der Waals surface area contributed by atoms with Gasteiger partial charge >= 0.3 is 0 Å². The molecule has 3 amide bonds. The fourth-order valence-corrected chi connectivity index (χ4v) is 1.77. The van der Waals surface area contributed by atoms with E-state index in [-0.39, 0.29) is 18.9 Å². The van der Waals surface area contributed by atoms with E-state index in [4.69, 9.17) is 11.0 Å². The Hall–Kier alpha value is -2.88. The van der Waals surface area contributed by atoms with Crippen LogP contribution in [0.4, 0.5) is 0 Å². The number of unbranched alkanes of at least 4 members (excludes halogenated alkanes) is 1. The van der Waals surface area contributed by atoms with Gasteiger partial charge < -0.3 is 16.4 Å². The molecule has 1 atom stereocenters. The standard InChI is InChI=1S/C15H18N4O3/c16-9-5-4-8-12(14(17)21)19-13(20)10-18-15(22)11-6-2-1-3-7-11/h1-3,6-7,12H,4-5,8,10H2,(H2,17,21)(H,18,22)(H,19,20)/t12-/m0/s1. The van der Waals surface area contributed by atoms with Crippen LogP contribution in [0.3, 0.4) is 0 Å². The highest BCUT2D eigenvalue weighted by Crippen LogP contribution is 2.00. The highest BCUT2D eigenvalue weighted by atomic mass is 16.2. The monoisotopic (exact) mass is 302 g/mol. The first-order valence-corrected chi connectivity index (χ1v) is 6.83. The van der Waals surface area contributed by atoms with Crippen molar-refractivity contribution in [2.75, 3.05) is 6.54 Å². The molecule has 0 aliphatic rings. The molecule has 116 valence electrons. The van der Waals surface area contributed by atoms with Crippen molar-refractivity contribution < 1.29 is 14.4 Å². The number of nitrogens with zero attached hydrogens (tertiary/aromatic N) is 1. The van der Waals surface area contributed by atoms with Gasteiger partial charge in [-0.15, -0.1) is 0 Å². The lowest BCUT2D eigenvalue weighted by molar-refractivity contribution is -0.126. The summed E-state index contributed by atoms with van der Waals surface area (Å²) in [5, 5.41) is 13.4. The van der Waals surface area contributed by atoms with Crippen molar-refractivity contribution in [3.05, 3.63) is 35.9 Å². The number of rotatable bonds is 8. The number of primary amides is 1. The Morgan fingerprint density at radius 2 is 1.91 bits per heavy atom. The third-order valence-corrected chi connectivity index (χ3v) is 2.91. The summed E-state index contributed by atoms with van der Waals surface area (Å²) in [7, 11) is 0. The summed E-state index contributed by atoms with van der Waals surface area (Å²) < 4.78 is 0. The van der Waals surface area contributed by atoms with Gasteiger partial charge in [-0.25, -0.2) is 0 Å². The molecule has 0 aliphatic carbocycles. The van der Waals surface area contributed by atoms with Crippen LogP contribution in [0, 0.1) is 11.3 Å². The maximum absolute atomic E-state index is 11.8. The Bertz CT molecular complexity index is 566. The number of nitrogens with two attached hydrogens (primary N) is 1. The summed E-state index contributed by atoms with van der Waals surface area (Å²) in [5.74, 6) is -1.55. The topological polar surface area (TPSA) is 125 Å². The lowest BCUT2D eigenvalue weighted by Crippen LogP contribution is -2.47. The molecule has 0 unspecified atom stereocenters. The van der Waals surface area contributed by atoms with E-state index in [1.54, 1.807) is 30.3 Å². The lowest BCUT2D eigenvalue weighted by Gasteiger charge is -2.15. The van der Waals surface area contributed by atoms with E-state index in [0.29, 0.717) is 18.4 Å². The normalized spacial score (nSPS) is 11.0. The molecule has 0 aromatic heterocycles. The largest absolute Gasteiger partial charge is 0.368 e. The zero-order valence-corrected chi connectivity index (χ0v) is 12.0. The van der Waals surface area contributed by atoms with Gasteiger partial charge in [0.2, 0.25) is 11.8 Å². The summed E-state index contributed by atoms with van der Waals surface area (Å²) in [5.41, 5.74) is 5.63. The Labute approximate surface area is 128 Å². The molecule has 0 spiro atoms. The van der Waals surface area contributed by atoms with Crippen LogP contribution in [0.1, 0.15) is 29.6 Å². The zero-order chi connectivity index (χ0) is 16.4. The minimum Gasteiger partial charge on any atom is -0.368 e. The van der Waals surface area contributed by atoms with Gasteiger partial charge in [-0.05, 0) is 25.0 Å². The predicted molar refractivity (Wildman–Crippen MR) is 79.4 cm³/mol. The Balaban J connectivity index is 2.42. The third-order valence-electron chi connectivity index (χ3n) is 2.91. The van der Waals surface area contributed by atoms with E-state index in [1.165, 1.54) is 0 Å². The van der Waals surface area contributed by atoms with Crippen molar-refractivity contribution >= 4 is 17.7 Å². The summed E-state index contributed by atoms with van der Waals surface area (Å²) in [6.45, 7) is -0.254. The van der Waals surface area contributed by atoms with Gasteiger partial charge in [0.1, 0.15) is 6.04 Å². The van der Waals surface area contributed by atoms with Crippen molar-refractivity contribution in [2.45, 2.75) is 25.3 Å². The van der Waals surface area contributed by atoms with Crippen LogP contribution >= 0.6 is 0 Å². The van der Waals surface area contributed by atoms with Crippen LogP contribution in [-0.4, -0.2) is 30.3 Å². The number of nitriles is 1. The van der Waals surface area contributed by atoms with Gasteiger partial charge in [0.05, 0.1) is 12.6 Å². The molecule has 1 aromatic carbocycles. The lowest BCUT2D eigenvalue weighted by atomic mass is 10.1. The molecule has 0 fully saturated rings. The third kappa shape index (κ3) is 6.05. The van der Waals surface area contributed by atoms with Crippen LogP contribution in [0.5, 0.6) is 0 Å². The second kappa shape index (κ2) is 9.13. The molecule has 0 saturated heterocycles. The van der Waals surface area contributed by atoms with E-state index in [2.05, 4.69) is 10.6 Å². The fourth-order valence-electron chi connectivity index (χ4n) is 1.77. The molecule has 22 heavy (non-hydrogen) atoms. The SMILES string of the molecule is N#CCCC[C@H](NC(=O)CNC(=O)c1ccccc1)C(N)=O. The molecule has 0 saturated carbocycles. The average molecular weight is 302 g/mol. The summed E-state index contributed by atoms with van der Waals surface area (Å²) >= 11 is 0. The number of amides is 3. The Kier molecular flexibility index (Phi) is 7.13. The number of benzene rings is 1. The second-order valence-electron chi connectivity index (χ2n) is 4.62. The number of nitrogens with one attached hydrogen (secondary N) is 2. The summed E-state index contributed by atoms with van der Waals surface area (Å²) in [6.07, 6.45) is 1.03. The van der Waals surface area contributed by atoms with Gasteiger partial charge in [0.25, 0.3) is 5.91 Å². The molecule has 0 radical (unpaired) electrons. The minimum atomic E-state index is -0.838. The average Bonchev–Trinajstić information content (AvgIpc) is 2.52. The molecule has 1 aromatic rings. The molecule has 0 aliphatic heterocycles. The van der Waals surface area contributed by atoms with Crippen LogP contribution in [-0.2, 0) is 9.59 Å². The van der Waals surface area contributed by atoms with Crippen molar-refractivity contribution in [3.63, 3.8) is 0 Å². The highest BCUT2D eigenvalue weighted by Gasteiger charge is 2.18. The molecular formula is C15H18N4O3. The minimum absolute atomic E-state index is 0.254. The van der Waals surface area contributed by atoms with Crippen LogP contribution in [0.15, 0.2) is 30.3 Å². The van der Waals surface area contributed by atoms with E-state index in [9.17, 15) is 14.4 Å². The Morgan fingerprint density at radius 1 is 1.23 bits per heavy atom. The maximum Gasteiger partial charge on any atom is 0.251 e.